The van der Waals surface area contributed by atoms with Gasteiger partial charge in [0.15, 0.2) is 0 Å². The highest BCUT2D eigenvalue weighted by Gasteiger charge is 2.38. The number of carbonyl (C=O) groups is 2. The van der Waals surface area contributed by atoms with Crippen LogP contribution in [0.5, 0.6) is 0 Å². The van der Waals surface area contributed by atoms with Crippen LogP contribution in [0.2, 0.25) is 0 Å². The van der Waals surface area contributed by atoms with Crippen molar-refractivity contribution in [3.8, 4) is 0 Å². The fourth-order valence-electron chi connectivity index (χ4n) is 3.02. The van der Waals surface area contributed by atoms with E-state index in [2.05, 4.69) is 12.2 Å². The molecule has 2 aliphatic rings. The van der Waals surface area contributed by atoms with Crippen molar-refractivity contribution >= 4 is 11.8 Å². The molecule has 1 N–H and O–H groups in total. The summed E-state index contributed by atoms with van der Waals surface area (Å²) in [6, 6.07) is 0.148. The number of hydrogen-bond donors (Lipinski definition) is 1. The molecule has 2 fully saturated rings. The minimum atomic E-state index is -0.266. The number of carbonyl (C=O) groups excluding carboxylic acids is 2. The minimum absolute atomic E-state index is 0.0288. The van der Waals surface area contributed by atoms with Gasteiger partial charge >= 0.3 is 0 Å². The van der Waals surface area contributed by atoms with Gasteiger partial charge in [-0.15, -0.1) is 0 Å². The second-order valence-electron chi connectivity index (χ2n) is 5.37. The summed E-state index contributed by atoms with van der Waals surface area (Å²) in [6.07, 6.45) is 5.12. The third kappa shape index (κ3) is 2.68. The van der Waals surface area contributed by atoms with E-state index in [1.54, 1.807) is 0 Å². The molecule has 3 atom stereocenters. The molecule has 0 radical (unpaired) electrons. The zero-order valence-electron chi connectivity index (χ0n) is 10.7. The second-order valence-corrected chi connectivity index (χ2v) is 5.37. The minimum Gasteiger partial charge on any atom is -0.303 e. The van der Waals surface area contributed by atoms with Crippen LogP contribution in [0.15, 0.2) is 0 Å². The van der Waals surface area contributed by atoms with Crippen LogP contribution in [0.3, 0.4) is 0 Å². The summed E-state index contributed by atoms with van der Waals surface area (Å²) in [5.74, 6) is 0.672. The van der Waals surface area contributed by atoms with Crippen molar-refractivity contribution in [2.45, 2.75) is 58.0 Å². The first-order valence-corrected chi connectivity index (χ1v) is 6.72. The Labute approximate surface area is 103 Å². The number of nitrogens with zero attached hydrogens (tertiary/aromatic N) is 1. The third-order valence-electron chi connectivity index (χ3n) is 3.93. The van der Waals surface area contributed by atoms with Gasteiger partial charge in [0, 0.05) is 12.6 Å². The molecule has 0 aromatic carbocycles. The van der Waals surface area contributed by atoms with Crippen molar-refractivity contribution in [3.05, 3.63) is 0 Å². The van der Waals surface area contributed by atoms with E-state index in [4.69, 9.17) is 0 Å². The van der Waals surface area contributed by atoms with E-state index in [-0.39, 0.29) is 17.9 Å². The molecule has 0 aromatic heterocycles. The van der Waals surface area contributed by atoms with Crippen molar-refractivity contribution in [2.24, 2.45) is 5.92 Å². The Bertz CT molecular complexity index is 317. The molecule has 0 aromatic rings. The predicted octanol–water partition coefficient (Wildman–Crippen LogP) is 1.30. The number of imide groups is 1. The summed E-state index contributed by atoms with van der Waals surface area (Å²) in [7, 11) is 0. The largest absolute Gasteiger partial charge is 0.303 e. The zero-order valence-corrected chi connectivity index (χ0v) is 10.7. The van der Waals surface area contributed by atoms with Crippen LogP contribution in [0.25, 0.3) is 0 Å². The lowest BCUT2D eigenvalue weighted by atomic mass is 9.86. The molecule has 0 spiro atoms. The van der Waals surface area contributed by atoms with Crippen molar-refractivity contribution < 1.29 is 9.59 Å². The zero-order chi connectivity index (χ0) is 12.4. The van der Waals surface area contributed by atoms with E-state index in [9.17, 15) is 9.59 Å². The van der Waals surface area contributed by atoms with Crippen LogP contribution >= 0.6 is 0 Å². The first-order valence-electron chi connectivity index (χ1n) is 6.72. The molecule has 4 nitrogen and oxygen atoms in total. The Morgan fingerprint density at radius 1 is 1.35 bits per heavy atom. The summed E-state index contributed by atoms with van der Waals surface area (Å²) in [5, 5.41) is 3.38. The van der Waals surface area contributed by atoms with Gasteiger partial charge in [-0.25, -0.2) is 0 Å². The van der Waals surface area contributed by atoms with Gasteiger partial charge in [0.05, 0.1) is 12.5 Å². The average molecular weight is 238 g/mol. The fourth-order valence-corrected chi connectivity index (χ4v) is 3.02. The van der Waals surface area contributed by atoms with Crippen molar-refractivity contribution in [3.63, 3.8) is 0 Å². The van der Waals surface area contributed by atoms with Gasteiger partial charge < -0.3 is 5.32 Å². The fraction of sp³-hybridized carbons (Fsp3) is 0.846. The van der Waals surface area contributed by atoms with Crippen LogP contribution in [0.1, 0.15) is 46.0 Å². The Hall–Kier alpha value is -0.900. The van der Waals surface area contributed by atoms with E-state index < -0.39 is 0 Å². The molecule has 0 bridgehead atoms. The highest BCUT2D eigenvalue weighted by molar-refractivity contribution is 6.05. The normalized spacial score (nSPS) is 34.5. The molecule has 2 amide bonds. The molecule has 4 heteroatoms. The lowest BCUT2D eigenvalue weighted by Gasteiger charge is -2.29. The molecule has 3 unspecified atom stereocenters. The van der Waals surface area contributed by atoms with Gasteiger partial charge in [-0.3, -0.25) is 14.5 Å². The maximum atomic E-state index is 11.9. The van der Waals surface area contributed by atoms with Crippen LogP contribution in [-0.2, 0) is 9.59 Å². The summed E-state index contributed by atoms with van der Waals surface area (Å²) in [6.45, 7) is 4.60. The molecule has 1 heterocycles. The summed E-state index contributed by atoms with van der Waals surface area (Å²) >= 11 is 0. The molecule has 2 rings (SSSR count). The molecular weight excluding hydrogens is 216 g/mol. The van der Waals surface area contributed by atoms with Crippen molar-refractivity contribution in [1.82, 2.24) is 10.2 Å². The molecule has 17 heavy (non-hydrogen) atoms. The Kier molecular flexibility index (Phi) is 3.82. The summed E-state index contributed by atoms with van der Waals surface area (Å²) < 4.78 is 0. The number of rotatable bonds is 3. The molecule has 1 aliphatic carbocycles. The molecule has 1 aliphatic heterocycles. The lowest BCUT2D eigenvalue weighted by Crippen LogP contribution is -2.45. The maximum absolute atomic E-state index is 11.9. The van der Waals surface area contributed by atoms with Gasteiger partial charge in [0.1, 0.15) is 0 Å². The molecule has 1 saturated heterocycles. The Balaban J connectivity index is 1.91. The smallest absolute Gasteiger partial charge is 0.246 e. The Morgan fingerprint density at radius 2 is 2.12 bits per heavy atom. The monoisotopic (exact) mass is 238 g/mol. The molecular formula is C13H22N2O2. The quantitative estimate of drug-likeness (QED) is 0.754. The first kappa shape index (κ1) is 12.6. The average Bonchev–Trinajstić information content (AvgIpc) is 2.54. The van der Waals surface area contributed by atoms with Gasteiger partial charge in [-0.2, -0.15) is 0 Å². The summed E-state index contributed by atoms with van der Waals surface area (Å²) in [5.41, 5.74) is 0. The van der Waals surface area contributed by atoms with Crippen LogP contribution in [0.4, 0.5) is 0 Å². The number of amides is 2. The first-order chi connectivity index (χ1) is 8.11. The number of likely N-dealkylation sites (tertiary alicyclic amines) is 1. The van der Waals surface area contributed by atoms with Crippen LogP contribution < -0.4 is 5.32 Å². The van der Waals surface area contributed by atoms with Crippen LogP contribution in [-0.4, -0.2) is 35.3 Å². The van der Waals surface area contributed by atoms with E-state index in [0.717, 1.165) is 18.8 Å². The standard InChI is InChI=1S/C13H22N2O2/c1-3-15-12(16)8-11(13(15)17)14-10-6-4-5-9(2)7-10/h9-11,14H,3-8H2,1-2H3. The molecule has 1 saturated carbocycles. The summed E-state index contributed by atoms with van der Waals surface area (Å²) in [4.78, 5) is 24.9. The van der Waals surface area contributed by atoms with E-state index in [0.29, 0.717) is 19.0 Å². The van der Waals surface area contributed by atoms with Gasteiger partial charge in [-0.05, 0) is 25.7 Å². The highest BCUT2D eigenvalue weighted by Crippen LogP contribution is 2.25. The van der Waals surface area contributed by atoms with Crippen molar-refractivity contribution in [2.75, 3.05) is 6.54 Å². The second kappa shape index (κ2) is 5.17. The van der Waals surface area contributed by atoms with Gasteiger partial charge in [0.25, 0.3) is 0 Å². The topological polar surface area (TPSA) is 49.4 Å². The Morgan fingerprint density at radius 3 is 2.71 bits per heavy atom. The maximum Gasteiger partial charge on any atom is 0.246 e. The van der Waals surface area contributed by atoms with E-state index in [1.807, 2.05) is 6.92 Å². The van der Waals surface area contributed by atoms with E-state index >= 15 is 0 Å². The number of likely N-dealkylation sites (N-methyl/N-ethyl adjacent to an activating group) is 1. The van der Waals surface area contributed by atoms with Gasteiger partial charge in [-0.1, -0.05) is 19.8 Å². The molecule has 96 valence electrons. The third-order valence-corrected chi connectivity index (χ3v) is 3.93. The van der Waals surface area contributed by atoms with Crippen LogP contribution in [0, 0.1) is 5.92 Å². The number of nitrogens with one attached hydrogen (secondary N) is 1. The number of hydrogen-bond acceptors (Lipinski definition) is 3. The van der Waals surface area contributed by atoms with Gasteiger partial charge in [0.2, 0.25) is 11.8 Å². The van der Waals surface area contributed by atoms with E-state index in [1.165, 1.54) is 17.7 Å². The van der Waals surface area contributed by atoms with Crippen molar-refractivity contribution in [1.29, 1.82) is 0 Å². The highest BCUT2D eigenvalue weighted by atomic mass is 16.2. The lowest BCUT2D eigenvalue weighted by molar-refractivity contribution is -0.138. The predicted molar refractivity (Wildman–Crippen MR) is 65.4 cm³/mol. The SMILES string of the molecule is CCN1C(=O)CC(NC2CCCC(C)C2)C1=O.